The van der Waals surface area contributed by atoms with E-state index in [1.807, 2.05) is 0 Å². The summed E-state index contributed by atoms with van der Waals surface area (Å²) >= 11 is 9.25. The number of halogens is 1. The lowest BCUT2D eigenvalue weighted by molar-refractivity contribution is -0.148. The van der Waals surface area contributed by atoms with Gasteiger partial charge in [-0.2, -0.15) is 4.98 Å². The number of thioether (sulfide) groups is 2. The van der Waals surface area contributed by atoms with E-state index in [0.717, 1.165) is 33.5 Å². The molecule has 14 nitrogen and oxygen atoms in total. The molecule has 2 amide bonds. The molecular formula is C18H16ClN7O7S3. The fourth-order valence-electron chi connectivity index (χ4n) is 3.28. The molecule has 0 aromatic carbocycles. The summed E-state index contributed by atoms with van der Waals surface area (Å²) < 4.78 is 6.12. The number of fused-ring (bicyclic) bond motifs is 1. The third-order valence-electron chi connectivity index (χ3n) is 4.90. The lowest BCUT2D eigenvalue weighted by atomic mass is 10.1. The molecule has 0 bridgehead atoms. The summed E-state index contributed by atoms with van der Waals surface area (Å²) in [5, 5.41) is 26.2. The van der Waals surface area contributed by atoms with Gasteiger partial charge in [-0.3, -0.25) is 19.3 Å². The first kappa shape index (κ1) is 25.8. The molecule has 2 atom stereocenters. The van der Waals surface area contributed by atoms with Gasteiger partial charge in [0.2, 0.25) is 5.88 Å². The largest absolute Gasteiger partial charge is 0.512 e. The summed E-state index contributed by atoms with van der Waals surface area (Å²) in [5.41, 5.74) is 6.46. The number of amides is 2. The highest BCUT2D eigenvalue weighted by atomic mass is 35.5. The van der Waals surface area contributed by atoms with E-state index in [-0.39, 0.29) is 38.9 Å². The van der Waals surface area contributed by atoms with Crippen LogP contribution < -0.4 is 16.6 Å². The number of aromatic nitrogens is 4. The minimum atomic E-state index is -1.62. The van der Waals surface area contributed by atoms with Crippen LogP contribution >= 0.6 is 46.5 Å². The monoisotopic (exact) mass is 573 g/mol. The van der Waals surface area contributed by atoms with Crippen LogP contribution in [0, 0.1) is 0 Å². The second-order valence-corrected chi connectivity index (χ2v) is 10.3. The van der Waals surface area contributed by atoms with Crippen LogP contribution in [0.1, 0.15) is 5.69 Å². The van der Waals surface area contributed by atoms with Gasteiger partial charge in [-0.05, 0) is 0 Å². The maximum absolute atomic E-state index is 12.9. The number of hydrogen-bond donors (Lipinski definition) is 4. The van der Waals surface area contributed by atoms with Crippen molar-refractivity contribution in [2.45, 2.75) is 16.6 Å². The van der Waals surface area contributed by atoms with Crippen molar-refractivity contribution in [3.63, 3.8) is 0 Å². The summed E-state index contributed by atoms with van der Waals surface area (Å²) in [6, 6.07) is -0.963. The number of β-lactam (4-membered cyclic amide) rings is 1. The molecule has 0 spiro atoms. The minimum Gasteiger partial charge on any atom is -0.488 e. The Morgan fingerprint density at radius 1 is 1.42 bits per heavy atom. The van der Waals surface area contributed by atoms with Crippen LogP contribution in [-0.2, 0) is 21.4 Å². The van der Waals surface area contributed by atoms with E-state index < -0.39 is 40.8 Å². The van der Waals surface area contributed by atoms with Gasteiger partial charge in [-0.1, -0.05) is 23.4 Å². The van der Waals surface area contributed by atoms with Crippen LogP contribution in [0.3, 0.4) is 0 Å². The number of nitrogens with zero attached hydrogens (tertiary/aromatic N) is 5. The smallest absolute Gasteiger partial charge is 0.488 e. The lowest BCUT2D eigenvalue weighted by Crippen LogP contribution is -2.70. The van der Waals surface area contributed by atoms with Crippen molar-refractivity contribution in [1.29, 1.82) is 0 Å². The average molecular weight is 574 g/mol. The van der Waals surface area contributed by atoms with Gasteiger partial charge >= 0.3 is 11.7 Å². The fraction of sp³-hybridized carbons (Fsp3) is 0.278. The Hall–Kier alpha value is -3.28. The zero-order valence-corrected chi connectivity index (χ0v) is 21.3. The second kappa shape index (κ2) is 10.4. The molecule has 0 saturated carbocycles. The number of carboxylic acid groups (broad SMARTS) is 1. The summed E-state index contributed by atoms with van der Waals surface area (Å²) in [6.07, 6.45) is -1.62. The molecule has 190 valence electrons. The molecule has 4 rings (SSSR count). The first-order chi connectivity index (χ1) is 17.1. The molecule has 0 aliphatic carbocycles. The number of rotatable bonds is 7. The van der Waals surface area contributed by atoms with E-state index in [1.54, 1.807) is 5.38 Å². The lowest BCUT2D eigenvalue weighted by Gasteiger charge is -2.49. The normalized spacial score (nSPS) is 19.6. The van der Waals surface area contributed by atoms with Gasteiger partial charge in [0.25, 0.3) is 17.7 Å². The Balaban J connectivity index is 1.51. The number of nitrogen functional groups attached to an aromatic ring is 1. The van der Waals surface area contributed by atoms with Crippen LogP contribution in [0.25, 0.3) is 5.57 Å². The molecule has 1 fully saturated rings. The molecule has 1 unspecified atom stereocenters. The number of thiazole rings is 1. The molecule has 4 heterocycles. The van der Waals surface area contributed by atoms with Crippen LogP contribution in [-0.4, -0.2) is 75.8 Å². The molecule has 5 N–H and O–H groups in total. The van der Waals surface area contributed by atoms with Crippen molar-refractivity contribution in [3.05, 3.63) is 38.4 Å². The van der Waals surface area contributed by atoms with Crippen LogP contribution in [0.5, 0.6) is 5.88 Å². The molecule has 2 aromatic rings. The number of carbonyl (C=O) groups is 3. The highest BCUT2D eigenvalue weighted by Crippen LogP contribution is 2.42. The van der Waals surface area contributed by atoms with Crippen LogP contribution in [0.15, 0.2) is 32.3 Å². The zero-order chi connectivity index (χ0) is 26.1. The van der Waals surface area contributed by atoms with Gasteiger partial charge in [-0.25, -0.2) is 14.5 Å². The fourth-order valence-corrected chi connectivity index (χ4v) is 6.41. The SMILES string of the molecule is Cn1nc(O)c(=O)nc1SCC1=C(OC(=O)O)N2C(=O)C(NC(=O)C(=CCl)c3csc(N)n3)[C@@H]2SC1. The highest BCUT2D eigenvalue weighted by Gasteiger charge is 2.54. The minimum absolute atomic E-state index is 0.0203. The van der Waals surface area contributed by atoms with E-state index in [0.29, 0.717) is 5.57 Å². The summed E-state index contributed by atoms with van der Waals surface area (Å²) in [5.74, 6) is -1.78. The topological polar surface area (TPSA) is 203 Å². The predicted octanol–water partition coefficient (Wildman–Crippen LogP) is 0.598. The number of carbonyl (C=O) groups excluding carboxylic acids is 2. The maximum atomic E-state index is 12.9. The summed E-state index contributed by atoms with van der Waals surface area (Å²) in [4.78, 5) is 57.5. The van der Waals surface area contributed by atoms with E-state index in [1.165, 1.54) is 23.5 Å². The second-order valence-electron chi connectivity index (χ2n) is 7.17. The third kappa shape index (κ3) is 4.99. The molecule has 36 heavy (non-hydrogen) atoms. The Morgan fingerprint density at radius 3 is 2.81 bits per heavy atom. The van der Waals surface area contributed by atoms with Crippen molar-refractivity contribution in [3.8, 4) is 5.88 Å². The van der Waals surface area contributed by atoms with Gasteiger partial charge in [0.05, 0.1) is 11.3 Å². The van der Waals surface area contributed by atoms with Crippen molar-refractivity contribution in [1.82, 2.24) is 30.0 Å². The molecule has 2 aliphatic heterocycles. The number of nitrogens with two attached hydrogens (primary N) is 1. The molecule has 1 saturated heterocycles. The van der Waals surface area contributed by atoms with Crippen LogP contribution in [0.4, 0.5) is 9.93 Å². The maximum Gasteiger partial charge on any atom is 0.512 e. The first-order valence-electron chi connectivity index (χ1n) is 9.78. The Kier molecular flexibility index (Phi) is 7.43. The van der Waals surface area contributed by atoms with Crippen molar-refractivity contribution in [2.75, 3.05) is 17.2 Å². The molecule has 2 aromatic heterocycles. The average Bonchev–Trinajstić information content (AvgIpc) is 3.25. The molecule has 2 aliphatic rings. The zero-order valence-electron chi connectivity index (χ0n) is 18.1. The summed E-state index contributed by atoms with van der Waals surface area (Å²) in [7, 11) is 1.47. The highest BCUT2D eigenvalue weighted by molar-refractivity contribution is 8.01. The number of aryl methyl sites for hydroxylation is 1. The number of anilines is 1. The Bertz CT molecular complexity index is 1370. The molecular weight excluding hydrogens is 558 g/mol. The van der Waals surface area contributed by atoms with Gasteiger partial charge in [-0.15, -0.1) is 28.2 Å². The van der Waals surface area contributed by atoms with Crippen molar-refractivity contribution in [2.24, 2.45) is 7.05 Å². The Morgan fingerprint density at radius 2 is 2.17 bits per heavy atom. The molecule has 0 radical (unpaired) electrons. The van der Waals surface area contributed by atoms with Crippen LogP contribution in [0.2, 0.25) is 0 Å². The number of aromatic hydroxyl groups is 1. The van der Waals surface area contributed by atoms with Crippen molar-refractivity contribution >= 4 is 75.1 Å². The van der Waals surface area contributed by atoms with Crippen molar-refractivity contribution < 1.29 is 29.3 Å². The predicted molar refractivity (Wildman–Crippen MR) is 131 cm³/mol. The van der Waals surface area contributed by atoms with E-state index in [4.69, 9.17) is 22.1 Å². The van der Waals surface area contributed by atoms with Gasteiger partial charge in [0.1, 0.15) is 11.4 Å². The van der Waals surface area contributed by atoms with Gasteiger partial charge < -0.3 is 26.0 Å². The number of hydrogen-bond acceptors (Lipinski definition) is 13. The van der Waals surface area contributed by atoms with Gasteiger partial charge in [0, 0.05) is 35.0 Å². The summed E-state index contributed by atoms with van der Waals surface area (Å²) in [6.45, 7) is 0. The van der Waals surface area contributed by atoms with E-state index >= 15 is 0 Å². The van der Waals surface area contributed by atoms with E-state index in [2.05, 4.69) is 20.4 Å². The van der Waals surface area contributed by atoms with Gasteiger partial charge in [0.15, 0.2) is 10.3 Å². The number of ether oxygens (including phenoxy) is 1. The standard InChI is InChI=1S/C18H16ClN7O7S3/c1-25-17(23-11(28)12(29)24-25)36-4-6-3-34-15-9(13(30)26(15)14(6)33-18(31)32)22-10(27)7(2-19)8-5-35-16(20)21-8/h2,5,9,15H,3-4H2,1H3,(H2,20,21)(H,22,27)(H,24,29)(H,31,32)/t9?,15-/m0/s1. The Labute approximate surface area is 219 Å². The quantitative estimate of drug-likeness (QED) is 0.155. The van der Waals surface area contributed by atoms with E-state index in [9.17, 15) is 29.4 Å². The first-order valence-corrected chi connectivity index (χ1v) is 13.1. The number of nitrogens with one attached hydrogen (secondary N) is 1. The third-order valence-corrected chi connectivity index (χ3v) is 8.24. The molecule has 18 heteroatoms.